The van der Waals surface area contributed by atoms with Gasteiger partial charge in [0.2, 0.25) is 9.76 Å². The summed E-state index contributed by atoms with van der Waals surface area (Å²) in [7, 11) is 3.68. The maximum atomic E-state index is 5.60. The first kappa shape index (κ1) is 15.1. The number of hydrogen-bond acceptors (Lipinski definition) is 3. The number of methoxy groups -OCH3 is 2. The van der Waals surface area contributed by atoms with Crippen LogP contribution in [0.3, 0.4) is 0 Å². The van der Waals surface area contributed by atoms with E-state index in [1.54, 1.807) is 14.2 Å². The zero-order valence-electron chi connectivity index (χ0n) is 11.0. The van der Waals surface area contributed by atoms with Gasteiger partial charge in [-0.15, -0.1) is 0 Å². The SMILES string of the molecule is C=Cc1ccccc1CCO[Si]CC(OC)OC. The molecule has 0 aliphatic carbocycles. The van der Waals surface area contributed by atoms with Gasteiger partial charge in [0.15, 0.2) is 6.29 Å². The van der Waals surface area contributed by atoms with Crippen LogP contribution >= 0.6 is 0 Å². The third-order valence-electron chi connectivity index (χ3n) is 2.63. The van der Waals surface area contributed by atoms with Gasteiger partial charge in [-0.3, -0.25) is 0 Å². The van der Waals surface area contributed by atoms with Gasteiger partial charge in [0.1, 0.15) is 0 Å². The lowest BCUT2D eigenvalue weighted by Crippen LogP contribution is -2.17. The van der Waals surface area contributed by atoms with Gasteiger partial charge in [-0.05, 0) is 17.5 Å². The quantitative estimate of drug-likeness (QED) is 0.390. The fourth-order valence-electron chi connectivity index (χ4n) is 1.58. The van der Waals surface area contributed by atoms with Crippen molar-refractivity contribution in [3.63, 3.8) is 0 Å². The Labute approximate surface area is 112 Å². The Kier molecular flexibility index (Phi) is 7.60. The van der Waals surface area contributed by atoms with Crippen LogP contribution in [0.15, 0.2) is 30.8 Å². The number of hydrogen-bond donors (Lipinski definition) is 0. The third-order valence-corrected chi connectivity index (χ3v) is 3.53. The molecule has 4 heteroatoms. The molecule has 0 atom stereocenters. The molecular formula is C14H20O3Si. The average Bonchev–Trinajstić information content (AvgIpc) is 2.43. The summed E-state index contributed by atoms with van der Waals surface area (Å²) < 4.78 is 15.8. The highest BCUT2D eigenvalue weighted by Crippen LogP contribution is 2.10. The molecule has 0 unspecified atom stereocenters. The second kappa shape index (κ2) is 9.05. The third kappa shape index (κ3) is 5.14. The van der Waals surface area contributed by atoms with E-state index >= 15 is 0 Å². The Morgan fingerprint density at radius 3 is 2.67 bits per heavy atom. The first-order chi connectivity index (χ1) is 8.81. The molecule has 0 bridgehead atoms. The van der Waals surface area contributed by atoms with Gasteiger partial charge in [-0.25, -0.2) is 0 Å². The first-order valence-electron chi connectivity index (χ1n) is 5.92. The van der Waals surface area contributed by atoms with Crippen LogP contribution in [0, 0.1) is 0 Å². The predicted molar refractivity (Wildman–Crippen MR) is 74.6 cm³/mol. The van der Waals surface area contributed by atoms with E-state index in [0.717, 1.165) is 12.5 Å². The van der Waals surface area contributed by atoms with E-state index in [4.69, 9.17) is 13.9 Å². The van der Waals surface area contributed by atoms with Crippen molar-refractivity contribution < 1.29 is 13.9 Å². The number of benzene rings is 1. The lowest BCUT2D eigenvalue weighted by molar-refractivity contribution is -0.0888. The predicted octanol–water partition coefficient (Wildman–Crippen LogP) is 2.55. The minimum atomic E-state index is -0.163. The highest BCUT2D eigenvalue weighted by Gasteiger charge is 2.06. The summed E-state index contributed by atoms with van der Waals surface area (Å²) in [5, 5.41) is 0. The topological polar surface area (TPSA) is 27.7 Å². The second-order valence-corrected chi connectivity index (χ2v) is 4.74. The van der Waals surface area contributed by atoms with Crippen LogP contribution in [-0.4, -0.2) is 36.9 Å². The van der Waals surface area contributed by atoms with Crippen LogP contribution in [0.5, 0.6) is 0 Å². The normalized spacial score (nSPS) is 10.8. The molecule has 1 aromatic rings. The molecule has 0 spiro atoms. The molecule has 2 radical (unpaired) electrons. The molecule has 0 amide bonds. The van der Waals surface area contributed by atoms with Crippen molar-refractivity contribution in [2.75, 3.05) is 20.8 Å². The molecule has 0 N–H and O–H groups in total. The largest absolute Gasteiger partial charge is 0.417 e. The molecule has 98 valence electrons. The smallest absolute Gasteiger partial charge is 0.234 e. The number of rotatable bonds is 9. The minimum Gasteiger partial charge on any atom is -0.417 e. The molecule has 18 heavy (non-hydrogen) atoms. The highest BCUT2D eigenvalue weighted by molar-refractivity contribution is 6.27. The van der Waals surface area contributed by atoms with Crippen molar-refractivity contribution in [3.8, 4) is 0 Å². The summed E-state index contributed by atoms with van der Waals surface area (Å²) in [6.45, 7) is 4.52. The van der Waals surface area contributed by atoms with Crippen LogP contribution in [-0.2, 0) is 20.3 Å². The summed E-state index contributed by atoms with van der Waals surface area (Å²) in [5.41, 5.74) is 2.45. The minimum absolute atomic E-state index is 0.163. The monoisotopic (exact) mass is 264 g/mol. The van der Waals surface area contributed by atoms with E-state index in [2.05, 4.69) is 18.7 Å². The van der Waals surface area contributed by atoms with E-state index in [-0.39, 0.29) is 6.29 Å². The summed E-state index contributed by atoms with van der Waals surface area (Å²) in [6.07, 6.45) is 2.62. The summed E-state index contributed by atoms with van der Waals surface area (Å²) in [6, 6.07) is 9.00. The van der Waals surface area contributed by atoms with Gasteiger partial charge in [0, 0.05) is 26.9 Å². The molecule has 0 aliphatic heterocycles. The van der Waals surface area contributed by atoms with Gasteiger partial charge < -0.3 is 13.9 Å². The fourth-order valence-corrected chi connectivity index (χ4v) is 2.42. The van der Waals surface area contributed by atoms with Gasteiger partial charge in [-0.2, -0.15) is 0 Å². The van der Waals surface area contributed by atoms with E-state index in [1.807, 2.05) is 18.2 Å². The second-order valence-electron chi connectivity index (χ2n) is 3.75. The summed E-state index contributed by atoms with van der Waals surface area (Å²) in [5.74, 6) is 0. The Balaban J connectivity index is 2.23. The maximum Gasteiger partial charge on any atom is 0.234 e. The summed E-state index contributed by atoms with van der Waals surface area (Å²) >= 11 is 0. The van der Waals surface area contributed by atoms with Crippen LogP contribution in [0.4, 0.5) is 0 Å². The van der Waals surface area contributed by atoms with E-state index in [1.165, 1.54) is 11.1 Å². The molecule has 0 saturated carbocycles. The highest BCUT2D eigenvalue weighted by atomic mass is 28.2. The Morgan fingerprint density at radius 1 is 1.28 bits per heavy atom. The number of ether oxygens (including phenoxy) is 2. The van der Waals surface area contributed by atoms with E-state index in [0.29, 0.717) is 16.4 Å². The summed E-state index contributed by atoms with van der Waals surface area (Å²) in [4.78, 5) is 0. The Hall–Kier alpha value is -0.943. The molecular weight excluding hydrogens is 244 g/mol. The van der Waals surface area contributed by atoms with Crippen molar-refractivity contribution in [3.05, 3.63) is 42.0 Å². The van der Waals surface area contributed by atoms with Crippen molar-refractivity contribution in [2.45, 2.75) is 18.8 Å². The van der Waals surface area contributed by atoms with Crippen molar-refractivity contribution >= 4 is 15.8 Å². The van der Waals surface area contributed by atoms with Crippen LogP contribution in [0.25, 0.3) is 6.08 Å². The van der Waals surface area contributed by atoms with Crippen LogP contribution < -0.4 is 0 Å². The first-order valence-corrected chi connectivity index (χ1v) is 7.04. The zero-order chi connectivity index (χ0) is 13.2. The molecule has 3 nitrogen and oxygen atoms in total. The standard InChI is InChI=1S/C14H20O3Si/c1-4-12-7-5-6-8-13(12)9-10-17-18-11-14(15-2)16-3/h4-8,14H,1,9-11H2,2-3H3. The van der Waals surface area contributed by atoms with E-state index < -0.39 is 0 Å². The lowest BCUT2D eigenvalue weighted by atomic mass is 10.1. The van der Waals surface area contributed by atoms with Crippen molar-refractivity contribution in [2.24, 2.45) is 0 Å². The van der Waals surface area contributed by atoms with E-state index in [9.17, 15) is 0 Å². The average molecular weight is 264 g/mol. The van der Waals surface area contributed by atoms with Gasteiger partial charge in [0.05, 0.1) is 0 Å². The Bertz CT molecular complexity index is 351. The molecule has 1 aromatic carbocycles. The molecule has 0 heterocycles. The molecule has 1 rings (SSSR count). The van der Waals surface area contributed by atoms with Crippen LogP contribution in [0.1, 0.15) is 11.1 Å². The van der Waals surface area contributed by atoms with Gasteiger partial charge in [-0.1, -0.05) is 36.9 Å². The maximum absolute atomic E-state index is 5.60. The lowest BCUT2D eigenvalue weighted by Gasteiger charge is -2.12. The van der Waals surface area contributed by atoms with Crippen molar-refractivity contribution in [1.29, 1.82) is 0 Å². The molecule has 0 saturated heterocycles. The van der Waals surface area contributed by atoms with Gasteiger partial charge >= 0.3 is 0 Å². The Morgan fingerprint density at radius 2 is 2.00 bits per heavy atom. The van der Waals surface area contributed by atoms with Crippen LogP contribution in [0.2, 0.25) is 6.04 Å². The fraction of sp³-hybridized carbons (Fsp3) is 0.429. The molecule has 0 fully saturated rings. The molecule has 0 aliphatic rings. The molecule has 0 aromatic heterocycles. The zero-order valence-corrected chi connectivity index (χ0v) is 12.0. The van der Waals surface area contributed by atoms with Gasteiger partial charge in [0.25, 0.3) is 0 Å². The van der Waals surface area contributed by atoms with Crippen molar-refractivity contribution in [1.82, 2.24) is 0 Å².